The van der Waals surface area contributed by atoms with Crippen LogP contribution < -0.4 is 10.6 Å². The summed E-state index contributed by atoms with van der Waals surface area (Å²) in [5.74, 6) is 1.05. The summed E-state index contributed by atoms with van der Waals surface area (Å²) in [6, 6.07) is 0.438. The molecule has 2 N–H and O–H groups in total. The standard InChI is InChI=1S/C19H28N4S/c1-18(2)9-12(10-19(3,4)23-18)22-16-15-13-7-5-6-8-14(13)24-17(15)21-11-20-16/h11-12,23H,5-10H2,1-4H3,(H,20,21,22). The number of anilines is 1. The molecule has 0 aromatic carbocycles. The maximum Gasteiger partial charge on any atom is 0.138 e. The Morgan fingerprint density at radius 1 is 1.08 bits per heavy atom. The quantitative estimate of drug-likeness (QED) is 0.853. The van der Waals surface area contributed by atoms with Crippen molar-refractivity contribution in [2.75, 3.05) is 5.32 Å². The summed E-state index contributed by atoms with van der Waals surface area (Å²) < 4.78 is 0. The second kappa shape index (κ2) is 5.67. The molecule has 24 heavy (non-hydrogen) atoms. The molecule has 0 saturated carbocycles. The van der Waals surface area contributed by atoms with Crippen molar-refractivity contribution in [1.82, 2.24) is 15.3 Å². The van der Waals surface area contributed by atoms with Crippen molar-refractivity contribution in [2.24, 2.45) is 0 Å². The van der Waals surface area contributed by atoms with Crippen molar-refractivity contribution in [2.45, 2.75) is 83.3 Å². The van der Waals surface area contributed by atoms with Gasteiger partial charge < -0.3 is 10.6 Å². The van der Waals surface area contributed by atoms with Gasteiger partial charge in [0.1, 0.15) is 17.0 Å². The van der Waals surface area contributed by atoms with E-state index in [0.29, 0.717) is 6.04 Å². The highest BCUT2D eigenvalue weighted by Crippen LogP contribution is 2.39. The minimum atomic E-state index is 0.139. The normalized spacial score (nSPS) is 23.2. The van der Waals surface area contributed by atoms with Crippen LogP contribution in [0.4, 0.5) is 5.82 Å². The topological polar surface area (TPSA) is 49.8 Å². The SMILES string of the molecule is CC1(C)CC(Nc2ncnc3sc4c(c23)CCCC4)CC(C)(C)N1. The molecule has 3 heterocycles. The fourth-order valence-corrected chi connectivity index (χ4v) is 6.05. The molecule has 1 aliphatic heterocycles. The first-order valence-electron chi connectivity index (χ1n) is 9.14. The molecule has 2 aromatic heterocycles. The molecule has 0 amide bonds. The lowest BCUT2D eigenvalue weighted by Crippen LogP contribution is -2.60. The summed E-state index contributed by atoms with van der Waals surface area (Å²) in [6.45, 7) is 9.18. The third kappa shape index (κ3) is 3.04. The smallest absolute Gasteiger partial charge is 0.138 e. The Morgan fingerprint density at radius 3 is 2.54 bits per heavy atom. The lowest BCUT2D eigenvalue weighted by atomic mass is 9.79. The van der Waals surface area contributed by atoms with E-state index < -0.39 is 0 Å². The third-order valence-electron chi connectivity index (χ3n) is 5.28. The van der Waals surface area contributed by atoms with Crippen LogP contribution in [0.25, 0.3) is 10.2 Å². The molecule has 1 fully saturated rings. The summed E-state index contributed by atoms with van der Waals surface area (Å²) in [5.41, 5.74) is 1.79. The maximum atomic E-state index is 4.64. The number of hydrogen-bond acceptors (Lipinski definition) is 5. The van der Waals surface area contributed by atoms with E-state index in [-0.39, 0.29) is 11.1 Å². The van der Waals surface area contributed by atoms with Crippen LogP contribution in [-0.2, 0) is 12.8 Å². The molecule has 0 unspecified atom stereocenters. The highest BCUT2D eigenvalue weighted by Gasteiger charge is 2.38. The number of aromatic nitrogens is 2. The van der Waals surface area contributed by atoms with Crippen molar-refractivity contribution in [1.29, 1.82) is 0 Å². The zero-order valence-corrected chi connectivity index (χ0v) is 16.0. The summed E-state index contributed by atoms with van der Waals surface area (Å²) in [6.07, 6.45) is 8.93. The number of nitrogens with one attached hydrogen (secondary N) is 2. The Morgan fingerprint density at radius 2 is 1.79 bits per heavy atom. The van der Waals surface area contributed by atoms with Crippen LogP contribution in [0.1, 0.15) is 63.8 Å². The average molecular weight is 345 g/mol. The van der Waals surface area contributed by atoms with Crippen molar-refractivity contribution in [3.05, 3.63) is 16.8 Å². The number of thiophene rings is 1. The lowest BCUT2D eigenvalue weighted by molar-refractivity contribution is 0.170. The Hall–Kier alpha value is -1.20. The predicted octanol–water partition coefficient (Wildman–Crippen LogP) is 4.29. The number of fused-ring (bicyclic) bond motifs is 3. The van der Waals surface area contributed by atoms with E-state index in [4.69, 9.17) is 0 Å². The molecular weight excluding hydrogens is 316 g/mol. The zero-order chi connectivity index (χ0) is 16.9. The highest BCUT2D eigenvalue weighted by atomic mass is 32.1. The largest absolute Gasteiger partial charge is 0.367 e. The molecule has 4 rings (SSSR count). The highest BCUT2D eigenvalue weighted by molar-refractivity contribution is 7.19. The van der Waals surface area contributed by atoms with Crippen LogP contribution in [0.5, 0.6) is 0 Å². The van der Waals surface area contributed by atoms with Gasteiger partial charge in [0.05, 0.1) is 5.39 Å². The first-order valence-corrected chi connectivity index (χ1v) is 9.96. The van der Waals surface area contributed by atoms with Gasteiger partial charge in [-0.15, -0.1) is 11.3 Å². The number of aryl methyl sites for hydroxylation is 2. The van der Waals surface area contributed by atoms with Crippen LogP contribution in [-0.4, -0.2) is 27.1 Å². The van der Waals surface area contributed by atoms with Gasteiger partial charge in [-0.2, -0.15) is 0 Å². The number of piperidine rings is 1. The summed E-state index contributed by atoms with van der Waals surface area (Å²) in [5, 5.41) is 8.84. The van der Waals surface area contributed by atoms with Gasteiger partial charge in [0.2, 0.25) is 0 Å². The van der Waals surface area contributed by atoms with Crippen molar-refractivity contribution in [3.8, 4) is 0 Å². The lowest BCUT2D eigenvalue weighted by Gasteiger charge is -2.46. The number of nitrogens with zero attached hydrogens (tertiary/aromatic N) is 2. The van der Waals surface area contributed by atoms with Crippen LogP contribution in [0, 0.1) is 0 Å². The summed E-state index contributed by atoms with van der Waals surface area (Å²) in [4.78, 5) is 11.9. The molecular formula is C19H28N4S. The van der Waals surface area contributed by atoms with Gasteiger partial charge >= 0.3 is 0 Å². The van der Waals surface area contributed by atoms with Crippen LogP contribution in [0.2, 0.25) is 0 Å². The molecule has 2 aromatic rings. The zero-order valence-electron chi connectivity index (χ0n) is 15.2. The monoisotopic (exact) mass is 344 g/mol. The van der Waals surface area contributed by atoms with E-state index >= 15 is 0 Å². The Kier molecular flexibility index (Phi) is 3.84. The summed E-state index contributed by atoms with van der Waals surface area (Å²) >= 11 is 1.87. The molecule has 130 valence electrons. The average Bonchev–Trinajstić information content (AvgIpc) is 2.83. The van der Waals surface area contributed by atoms with E-state index in [1.54, 1.807) is 6.33 Å². The molecule has 1 saturated heterocycles. The number of rotatable bonds is 2. The Balaban J connectivity index is 1.68. The number of hydrogen-bond donors (Lipinski definition) is 2. The molecule has 4 nitrogen and oxygen atoms in total. The molecule has 0 atom stereocenters. The fourth-order valence-electron chi connectivity index (χ4n) is 4.82. The molecule has 1 aliphatic carbocycles. The van der Waals surface area contributed by atoms with Gasteiger partial charge in [0.15, 0.2) is 0 Å². The van der Waals surface area contributed by atoms with E-state index in [0.717, 1.165) is 23.5 Å². The Labute approximate surface area is 148 Å². The van der Waals surface area contributed by atoms with Crippen molar-refractivity contribution < 1.29 is 0 Å². The maximum absolute atomic E-state index is 4.64. The molecule has 0 radical (unpaired) electrons. The third-order valence-corrected chi connectivity index (χ3v) is 6.48. The first kappa shape index (κ1) is 16.3. The minimum Gasteiger partial charge on any atom is -0.367 e. The van der Waals surface area contributed by atoms with E-state index in [9.17, 15) is 0 Å². The second-order valence-electron chi connectivity index (χ2n) is 8.76. The molecule has 5 heteroatoms. The molecule has 0 bridgehead atoms. The molecule has 0 spiro atoms. The summed E-state index contributed by atoms with van der Waals surface area (Å²) in [7, 11) is 0. The second-order valence-corrected chi connectivity index (χ2v) is 9.84. The first-order chi connectivity index (χ1) is 11.3. The fraction of sp³-hybridized carbons (Fsp3) is 0.684. The Bertz CT molecular complexity index is 746. The van der Waals surface area contributed by atoms with Gasteiger partial charge in [-0.05, 0) is 71.8 Å². The van der Waals surface area contributed by atoms with Gasteiger partial charge in [0.25, 0.3) is 0 Å². The van der Waals surface area contributed by atoms with Gasteiger partial charge in [0, 0.05) is 22.0 Å². The molecule has 2 aliphatic rings. The van der Waals surface area contributed by atoms with Gasteiger partial charge in [-0.25, -0.2) is 9.97 Å². The van der Waals surface area contributed by atoms with E-state index in [1.807, 2.05) is 11.3 Å². The van der Waals surface area contributed by atoms with E-state index in [1.165, 1.54) is 41.5 Å². The van der Waals surface area contributed by atoms with Gasteiger partial charge in [-0.1, -0.05) is 0 Å². The van der Waals surface area contributed by atoms with E-state index in [2.05, 4.69) is 48.3 Å². The van der Waals surface area contributed by atoms with Crippen LogP contribution in [0.15, 0.2) is 6.33 Å². The van der Waals surface area contributed by atoms with Crippen molar-refractivity contribution in [3.63, 3.8) is 0 Å². The van der Waals surface area contributed by atoms with Crippen LogP contribution in [0.3, 0.4) is 0 Å². The minimum absolute atomic E-state index is 0.139. The van der Waals surface area contributed by atoms with Crippen LogP contribution >= 0.6 is 11.3 Å². The predicted molar refractivity (Wildman–Crippen MR) is 102 cm³/mol. The van der Waals surface area contributed by atoms with Gasteiger partial charge in [-0.3, -0.25) is 0 Å². The van der Waals surface area contributed by atoms with Crippen molar-refractivity contribution >= 4 is 27.4 Å².